The summed E-state index contributed by atoms with van der Waals surface area (Å²) in [4.78, 5) is 52.8. The molecule has 0 radical (unpaired) electrons. The van der Waals surface area contributed by atoms with Crippen molar-refractivity contribution in [1.29, 1.82) is 5.26 Å². The molecule has 3 amide bonds. The molecule has 4 rings (SSSR count). The van der Waals surface area contributed by atoms with Crippen molar-refractivity contribution in [3.05, 3.63) is 81.1 Å². The maximum Gasteiger partial charge on any atom is 0.342 e. The molecular weight excluding hydrogens is 462 g/mol. The van der Waals surface area contributed by atoms with Gasteiger partial charge in [-0.05, 0) is 49.1 Å². The molecule has 9 nitrogen and oxygen atoms in total. The minimum absolute atomic E-state index is 0.0776. The zero-order valence-corrected chi connectivity index (χ0v) is 20.2. The van der Waals surface area contributed by atoms with Gasteiger partial charge in [0.25, 0.3) is 17.7 Å². The Morgan fingerprint density at radius 1 is 1.06 bits per heavy atom. The van der Waals surface area contributed by atoms with Crippen molar-refractivity contribution < 1.29 is 28.3 Å². The Balaban J connectivity index is 1.69. The van der Waals surface area contributed by atoms with Crippen LogP contribution in [0.2, 0.25) is 0 Å². The van der Waals surface area contributed by atoms with Gasteiger partial charge in [0.05, 0.1) is 23.9 Å². The lowest BCUT2D eigenvalue weighted by Crippen LogP contribution is -2.31. The predicted molar refractivity (Wildman–Crippen MR) is 130 cm³/mol. The lowest BCUT2D eigenvalue weighted by molar-refractivity contribution is 0.0598. The number of carbonyl (C=O) groups excluding carboxylic acids is 4. The van der Waals surface area contributed by atoms with E-state index >= 15 is 0 Å². The smallest absolute Gasteiger partial charge is 0.342 e. The van der Waals surface area contributed by atoms with Crippen LogP contribution in [0, 0.1) is 18.3 Å². The number of para-hydroxylation sites is 1. The van der Waals surface area contributed by atoms with Crippen molar-refractivity contribution in [2.24, 2.45) is 0 Å². The highest BCUT2D eigenvalue weighted by molar-refractivity contribution is 6.35. The van der Waals surface area contributed by atoms with Crippen molar-refractivity contribution in [2.45, 2.75) is 33.6 Å². The number of hydrogen-bond donors (Lipinski definition) is 1. The number of rotatable bonds is 6. The van der Waals surface area contributed by atoms with Crippen LogP contribution in [0.4, 0.5) is 11.6 Å². The molecule has 0 bridgehead atoms. The Kier molecular flexibility index (Phi) is 6.45. The van der Waals surface area contributed by atoms with Crippen LogP contribution in [0.15, 0.2) is 40.8 Å². The van der Waals surface area contributed by atoms with Crippen LogP contribution in [0.3, 0.4) is 0 Å². The maximum atomic E-state index is 13.4. The number of aryl methyl sites for hydroxylation is 3. The number of fused-ring (bicyclic) bond motifs is 1. The molecule has 0 fully saturated rings. The molecule has 1 N–H and O–H groups in total. The number of hydrogen-bond acceptors (Lipinski definition) is 7. The largest absolute Gasteiger partial charge is 0.465 e. The van der Waals surface area contributed by atoms with Gasteiger partial charge in [-0.3, -0.25) is 19.7 Å². The lowest BCUT2D eigenvalue weighted by Gasteiger charge is -2.21. The quantitative estimate of drug-likeness (QED) is 0.404. The van der Waals surface area contributed by atoms with Crippen LogP contribution in [0.1, 0.15) is 77.7 Å². The molecule has 0 saturated carbocycles. The molecule has 1 aliphatic rings. The highest BCUT2D eigenvalue weighted by Crippen LogP contribution is 2.35. The number of methoxy groups -OCH3 is 1. The minimum Gasteiger partial charge on any atom is -0.465 e. The summed E-state index contributed by atoms with van der Waals surface area (Å²) in [6.07, 6.45) is 1.28. The Hall–Kier alpha value is -4.71. The Bertz CT molecular complexity index is 1460. The summed E-state index contributed by atoms with van der Waals surface area (Å²) in [5.41, 5.74) is 2.46. The molecule has 1 aliphatic heterocycles. The van der Waals surface area contributed by atoms with Crippen LogP contribution in [0.5, 0.6) is 0 Å². The molecular formula is C27H23N3O6. The number of benzene rings is 2. The molecule has 0 atom stereocenters. The van der Waals surface area contributed by atoms with Crippen molar-refractivity contribution in [2.75, 3.05) is 17.3 Å². The normalized spacial score (nSPS) is 12.4. The minimum atomic E-state index is -0.770. The number of nitrogens with zero attached hydrogens (tertiary/aromatic N) is 2. The monoisotopic (exact) mass is 485 g/mol. The summed E-state index contributed by atoms with van der Waals surface area (Å²) in [5.74, 6) is -2.52. The van der Waals surface area contributed by atoms with Gasteiger partial charge in [0, 0.05) is 5.56 Å². The SMILES string of the molecule is CCc1cccc(CC)c1N1C(=O)c2ccc(C(=O)Nc3oc(C)c(C(=O)OC)c3C#N)cc2C1=O. The number of imide groups is 1. The summed E-state index contributed by atoms with van der Waals surface area (Å²) < 4.78 is 10.1. The van der Waals surface area contributed by atoms with E-state index in [1.807, 2.05) is 38.1 Å². The second-order valence-electron chi connectivity index (χ2n) is 8.13. The number of esters is 1. The zero-order valence-electron chi connectivity index (χ0n) is 20.2. The van der Waals surface area contributed by atoms with E-state index in [0.717, 1.165) is 11.1 Å². The van der Waals surface area contributed by atoms with Crippen molar-refractivity contribution in [1.82, 2.24) is 0 Å². The second kappa shape index (κ2) is 9.50. The molecule has 3 aromatic rings. The Morgan fingerprint density at radius 2 is 1.69 bits per heavy atom. The van der Waals surface area contributed by atoms with Crippen molar-refractivity contribution in [3.63, 3.8) is 0 Å². The first kappa shape index (κ1) is 24.4. The van der Waals surface area contributed by atoms with Gasteiger partial charge in [-0.2, -0.15) is 5.26 Å². The van der Waals surface area contributed by atoms with Crippen molar-refractivity contribution >= 4 is 35.3 Å². The first-order chi connectivity index (χ1) is 17.3. The van der Waals surface area contributed by atoms with E-state index in [9.17, 15) is 24.4 Å². The van der Waals surface area contributed by atoms with Crippen LogP contribution >= 0.6 is 0 Å². The maximum absolute atomic E-state index is 13.4. The third-order valence-electron chi connectivity index (χ3n) is 6.15. The third-order valence-corrected chi connectivity index (χ3v) is 6.15. The van der Waals surface area contributed by atoms with Crippen LogP contribution < -0.4 is 10.2 Å². The lowest BCUT2D eigenvalue weighted by atomic mass is 10.0. The first-order valence-electron chi connectivity index (χ1n) is 11.3. The average molecular weight is 485 g/mol. The molecule has 0 spiro atoms. The van der Waals surface area contributed by atoms with E-state index in [1.165, 1.54) is 37.1 Å². The number of anilines is 2. The summed E-state index contributed by atoms with van der Waals surface area (Å²) in [6, 6.07) is 11.7. The highest BCUT2D eigenvalue weighted by atomic mass is 16.5. The van der Waals surface area contributed by atoms with Crippen LogP contribution in [-0.2, 0) is 17.6 Å². The molecule has 2 heterocycles. The van der Waals surface area contributed by atoms with Gasteiger partial charge in [-0.15, -0.1) is 0 Å². The fraction of sp³-hybridized carbons (Fsp3) is 0.222. The molecule has 182 valence electrons. The number of amides is 3. The summed E-state index contributed by atoms with van der Waals surface area (Å²) >= 11 is 0. The highest BCUT2D eigenvalue weighted by Gasteiger charge is 2.39. The van der Waals surface area contributed by atoms with Gasteiger partial charge in [-0.1, -0.05) is 32.0 Å². The van der Waals surface area contributed by atoms with E-state index < -0.39 is 23.7 Å². The van der Waals surface area contributed by atoms with Crippen LogP contribution in [-0.4, -0.2) is 30.8 Å². The molecule has 0 saturated heterocycles. The summed E-state index contributed by atoms with van der Waals surface area (Å²) in [5, 5.41) is 12.0. The number of nitriles is 1. The fourth-order valence-electron chi connectivity index (χ4n) is 4.35. The average Bonchev–Trinajstić information content (AvgIpc) is 3.34. The number of nitrogens with one attached hydrogen (secondary N) is 1. The second-order valence-corrected chi connectivity index (χ2v) is 8.13. The Morgan fingerprint density at radius 3 is 2.28 bits per heavy atom. The number of ether oxygens (including phenoxy) is 1. The fourth-order valence-corrected chi connectivity index (χ4v) is 4.35. The van der Waals surface area contributed by atoms with Gasteiger partial charge in [0.1, 0.15) is 23.0 Å². The van der Waals surface area contributed by atoms with E-state index in [1.54, 1.807) is 0 Å². The Labute approximate surface area is 207 Å². The molecule has 36 heavy (non-hydrogen) atoms. The third kappa shape index (κ3) is 3.82. The van der Waals surface area contributed by atoms with Gasteiger partial charge in [0.15, 0.2) is 0 Å². The van der Waals surface area contributed by atoms with Crippen LogP contribution in [0.25, 0.3) is 0 Å². The van der Waals surface area contributed by atoms with Gasteiger partial charge in [0.2, 0.25) is 5.88 Å². The standard InChI is InChI=1S/C27H23N3O6/c1-5-15-8-7-9-16(6-2)22(15)30-25(32)18-11-10-17(12-19(18)26(30)33)23(31)29-24-20(13-28)21(14(3)36-24)27(34)35-4/h7-12H,5-6H2,1-4H3,(H,29,31). The van der Waals surface area contributed by atoms with E-state index in [2.05, 4.69) is 10.1 Å². The first-order valence-corrected chi connectivity index (χ1v) is 11.3. The van der Waals surface area contributed by atoms with Gasteiger partial charge >= 0.3 is 5.97 Å². The van der Waals surface area contributed by atoms with E-state index in [4.69, 9.17) is 4.42 Å². The number of carbonyl (C=O) groups is 4. The molecule has 0 unspecified atom stereocenters. The predicted octanol–water partition coefficient (Wildman–Crippen LogP) is 4.42. The van der Waals surface area contributed by atoms with E-state index in [-0.39, 0.29) is 39.5 Å². The molecule has 9 heteroatoms. The zero-order chi connectivity index (χ0) is 26.1. The molecule has 0 aliphatic carbocycles. The van der Waals surface area contributed by atoms with Crippen molar-refractivity contribution in [3.8, 4) is 6.07 Å². The molecule has 1 aromatic heterocycles. The van der Waals surface area contributed by atoms with Gasteiger partial charge in [-0.25, -0.2) is 9.69 Å². The topological polar surface area (TPSA) is 130 Å². The van der Waals surface area contributed by atoms with Gasteiger partial charge < -0.3 is 9.15 Å². The summed E-state index contributed by atoms with van der Waals surface area (Å²) in [6.45, 7) is 5.38. The molecule has 2 aromatic carbocycles. The number of furan rings is 1. The summed E-state index contributed by atoms with van der Waals surface area (Å²) in [7, 11) is 1.17. The van der Waals surface area contributed by atoms with E-state index in [0.29, 0.717) is 18.5 Å².